The molecule has 2 aliphatic heterocycles. The van der Waals surface area contributed by atoms with Crippen molar-refractivity contribution >= 4 is 5.91 Å². The van der Waals surface area contributed by atoms with Crippen LogP contribution in [0.1, 0.15) is 19.3 Å². The van der Waals surface area contributed by atoms with Crippen molar-refractivity contribution in [2.24, 2.45) is 5.92 Å². The first-order valence-electron chi connectivity index (χ1n) is 6.30. The second-order valence-corrected chi connectivity index (χ2v) is 4.95. The Balaban J connectivity index is 1.74. The second-order valence-electron chi connectivity index (χ2n) is 4.95. The van der Waals surface area contributed by atoms with Crippen LogP contribution in [-0.4, -0.2) is 51.5 Å². The molecule has 4 atom stereocenters. The molecule has 2 N–H and O–H groups in total. The number of ether oxygens (including phenoxy) is 2. The summed E-state index contributed by atoms with van der Waals surface area (Å²) >= 11 is 0. The lowest BCUT2D eigenvalue weighted by molar-refractivity contribution is -0.126. The molecule has 5 heteroatoms. The molecule has 0 saturated carbocycles. The molecule has 2 saturated heterocycles. The van der Waals surface area contributed by atoms with Crippen molar-refractivity contribution in [1.82, 2.24) is 10.6 Å². The van der Waals surface area contributed by atoms with Crippen LogP contribution in [0, 0.1) is 5.92 Å². The molecule has 1 amide bonds. The number of carbonyl (C=O) groups is 1. The summed E-state index contributed by atoms with van der Waals surface area (Å²) in [6, 6.07) is 0.955. The van der Waals surface area contributed by atoms with Crippen LogP contribution in [0.2, 0.25) is 0 Å². The van der Waals surface area contributed by atoms with Gasteiger partial charge in [0.1, 0.15) is 0 Å². The predicted octanol–water partition coefficient (Wildman–Crippen LogP) is -0.0955. The molecule has 4 unspecified atom stereocenters. The van der Waals surface area contributed by atoms with E-state index in [0.717, 1.165) is 12.8 Å². The molecule has 17 heavy (non-hydrogen) atoms. The van der Waals surface area contributed by atoms with Crippen LogP contribution in [0.4, 0.5) is 0 Å². The monoisotopic (exact) mass is 242 g/mol. The number of rotatable bonds is 6. The van der Waals surface area contributed by atoms with E-state index < -0.39 is 0 Å². The van der Waals surface area contributed by atoms with Gasteiger partial charge in [0.2, 0.25) is 5.91 Å². The minimum atomic E-state index is -0.0597. The molecule has 5 nitrogen and oxygen atoms in total. The lowest BCUT2D eigenvalue weighted by Gasteiger charge is -2.21. The normalized spacial score (nSPS) is 32.7. The SMILES string of the molecule is COCC(CNC(=O)C1CC2CCC1N2)OC. The maximum atomic E-state index is 12.0. The minimum absolute atomic E-state index is 0.0597. The standard InChI is InChI=1S/C12H22N2O3/c1-16-7-9(17-2)6-13-12(15)10-5-8-3-4-11(10)14-8/h8-11,14H,3-7H2,1-2H3,(H,13,15). The van der Waals surface area contributed by atoms with Crippen LogP contribution in [0.5, 0.6) is 0 Å². The topological polar surface area (TPSA) is 59.6 Å². The average Bonchev–Trinajstić information content (AvgIpc) is 2.96. The van der Waals surface area contributed by atoms with Crippen molar-refractivity contribution < 1.29 is 14.3 Å². The first-order valence-corrected chi connectivity index (χ1v) is 6.30. The summed E-state index contributed by atoms with van der Waals surface area (Å²) < 4.78 is 10.2. The molecule has 98 valence electrons. The van der Waals surface area contributed by atoms with Gasteiger partial charge in [0.05, 0.1) is 18.6 Å². The number of hydrogen-bond acceptors (Lipinski definition) is 4. The third kappa shape index (κ3) is 2.97. The highest BCUT2D eigenvalue weighted by atomic mass is 16.5. The van der Waals surface area contributed by atoms with E-state index in [9.17, 15) is 4.79 Å². The summed E-state index contributed by atoms with van der Waals surface area (Å²) in [5.74, 6) is 0.302. The first-order chi connectivity index (χ1) is 8.24. The van der Waals surface area contributed by atoms with Crippen molar-refractivity contribution in [3.05, 3.63) is 0 Å². The fraction of sp³-hybridized carbons (Fsp3) is 0.917. The van der Waals surface area contributed by atoms with E-state index in [4.69, 9.17) is 9.47 Å². The Labute approximate surface area is 102 Å². The van der Waals surface area contributed by atoms with E-state index >= 15 is 0 Å². The van der Waals surface area contributed by atoms with Gasteiger partial charge in [0, 0.05) is 32.8 Å². The average molecular weight is 242 g/mol. The Kier molecular flexibility index (Phi) is 4.36. The smallest absolute Gasteiger partial charge is 0.224 e. The molecular formula is C12H22N2O3. The summed E-state index contributed by atoms with van der Waals surface area (Å²) in [5, 5.41) is 6.43. The molecule has 2 bridgehead atoms. The summed E-state index contributed by atoms with van der Waals surface area (Å²) in [4.78, 5) is 12.0. The molecule has 0 aromatic rings. The van der Waals surface area contributed by atoms with Gasteiger partial charge in [-0.25, -0.2) is 0 Å². The zero-order chi connectivity index (χ0) is 12.3. The lowest BCUT2D eigenvalue weighted by Crippen LogP contribution is -2.42. The summed E-state index contributed by atoms with van der Waals surface area (Å²) in [7, 11) is 3.27. The Morgan fingerprint density at radius 2 is 2.29 bits per heavy atom. The van der Waals surface area contributed by atoms with Gasteiger partial charge in [-0.2, -0.15) is 0 Å². The molecule has 0 radical (unpaired) electrons. The van der Waals surface area contributed by atoms with Crippen molar-refractivity contribution in [2.75, 3.05) is 27.4 Å². The molecule has 2 aliphatic rings. The highest BCUT2D eigenvalue weighted by Crippen LogP contribution is 2.33. The molecule has 2 heterocycles. The number of methoxy groups -OCH3 is 2. The third-order valence-corrected chi connectivity index (χ3v) is 3.83. The van der Waals surface area contributed by atoms with Gasteiger partial charge in [0.25, 0.3) is 0 Å². The summed E-state index contributed by atoms with van der Waals surface area (Å²) in [5.41, 5.74) is 0. The largest absolute Gasteiger partial charge is 0.382 e. The number of hydrogen-bond donors (Lipinski definition) is 2. The Morgan fingerprint density at radius 1 is 1.47 bits per heavy atom. The fourth-order valence-electron chi connectivity index (χ4n) is 2.86. The third-order valence-electron chi connectivity index (χ3n) is 3.83. The van der Waals surface area contributed by atoms with Gasteiger partial charge in [-0.3, -0.25) is 4.79 Å². The van der Waals surface area contributed by atoms with Crippen LogP contribution in [0.3, 0.4) is 0 Å². The van der Waals surface area contributed by atoms with E-state index in [2.05, 4.69) is 10.6 Å². The van der Waals surface area contributed by atoms with Gasteiger partial charge in [-0.1, -0.05) is 0 Å². The van der Waals surface area contributed by atoms with Gasteiger partial charge in [0.15, 0.2) is 0 Å². The quantitative estimate of drug-likeness (QED) is 0.683. The number of fused-ring (bicyclic) bond motifs is 2. The zero-order valence-electron chi connectivity index (χ0n) is 10.6. The Bertz CT molecular complexity index is 272. The van der Waals surface area contributed by atoms with Crippen molar-refractivity contribution in [2.45, 2.75) is 37.5 Å². The Morgan fingerprint density at radius 3 is 2.82 bits per heavy atom. The van der Waals surface area contributed by atoms with Crippen LogP contribution in [-0.2, 0) is 14.3 Å². The number of amides is 1. The van der Waals surface area contributed by atoms with Crippen LogP contribution >= 0.6 is 0 Å². The highest BCUT2D eigenvalue weighted by Gasteiger charge is 2.42. The van der Waals surface area contributed by atoms with Gasteiger partial charge in [-0.15, -0.1) is 0 Å². The summed E-state index contributed by atoms with van der Waals surface area (Å²) in [6.07, 6.45) is 3.28. The molecular weight excluding hydrogens is 220 g/mol. The minimum Gasteiger partial charge on any atom is -0.382 e. The van der Waals surface area contributed by atoms with Crippen LogP contribution in [0.15, 0.2) is 0 Å². The molecule has 0 aromatic heterocycles. The van der Waals surface area contributed by atoms with Crippen LogP contribution < -0.4 is 10.6 Å². The molecule has 0 aliphatic carbocycles. The highest BCUT2D eigenvalue weighted by molar-refractivity contribution is 5.80. The zero-order valence-corrected chi connectivity index (χ0v) is 10.6. The van der Waals surface area contributed by atoms with E-state index in [0.29, 0.717) is 25.2 Å². The van der Waals surface area contributed by atoms with E-state index in [1.807, 2.05) is 0 Å². The number of nitrogens with one attached hydrogen (secondary N) is 2. The first kappa shape index (κ1) is 12.8. The maximum Gasteiger partial charge on any atom is 0.224 e. The van der Waals surface area contributed by atoms with Gasteiger partial charge in [-0.05, 0) is 19.3 Å². The lowest BCUT2D eigenvalue weighted by atomic mass is 9.88. The van der Waals surface area contributed by atoms with E-state index in [1.165, 1.54) is 6.42 Å². The van der Waals surface area contributed by atoms with Crippen molar-refractivity contribution in [3.8, 4) is 0 Å². The van der Waals surface area contributed by atoms with Gasteiger partial charge >= 0.3 is 0 Å². The van der Waals surface area contributed by atoms with Crippen LogP contribution in [0.25, 0.3) is 0 Å². The summed E-state index contributed by atoms with van der Waals surface area (Å²) in [6.45, 7) is 1.03. The predicted molar refractivity (Wildman–Crippen MR) is 63.7 cm³/mol. The fourth-order valence-corrected chi connectivity index (χ4v) is 2.86. The molecule has 2 rings (SSSR count). The van der Waals surface area contributed by atoms with E-state index in [1.54, 1.807) is 14.2 Å². The molecule has 2 fully saturated rings. The Hall–Kier alpha value is -0.650. The molecule has 0 aromatic carbocycles. The maximum absolute atomic E-state index is 12.0. The number of carbonyl (C=O) groups excluding carboxylic acids is 1. The van der Waals surface area contributed by atoms with Gasteiger partial charge < -0.3 is 20.1 Å². The van der Waals surface area contributed by atoms with Crippen molar-refractivity contribution in [3.63, 3.8) is 0 Å². The molecule has 0 spiro atoms. The second kappa shape index (κ2) is 5.80. The van der Waals surface area contributed by atoms with E-state index in [-0.39, 0.29) is 17.9 Å². The van der Waals surface area contributed by atoms with Crippen molar-refractivity contribution in [1.29, 1.82) is 0 Å².